The molecule has 1 aliphatic heterocycles. The van der Waals surface area contributed by atoms with Gasteiger partial charge in [-0.2, -0.15) is 0 Å². The molecule has 0 aromatic heterocycles. The summed E-state index contributed by atoms with van der Waals surface area (Å²) in [5, 5.41) is 0. The van der Waals surface area contributed by atoms with E-state index in [1.807, 2.05) is 0 Å². The highest BCUT2D eigenvalue weighted by Crippen LogP contribution is 2.28. The molecule has 0 saturated carbocycles. The maximum absolute atomic E-state index is 5.75. The number of hydrogen-bond donors (Lipinski definition) is 1. The number of hydrogen-bond acceptors (Lipinski definition) is 3. The average Bonchev–Trinajstić information content (AvgIpc) is 2.52. The Morgan fingerprint density at radius 2 is 2.16 bits per heavy atom. The largest absolute Gasteiger partial charge is 0.367 e. The summed E-state index contributed by atoms with van der Waals surface area (Å²) < 4.78 is 1.15. The second kappa shape index (κ2) is 6.73. The first kappa shape index (κ1) is 14.8. The van der Waals surface area contributed by atoms with E-state index in [4.69, 9.17) is 5.73 Å². The van der Waals surface area contributed by atoms with Crippen molar-refractivity contribution in [3.8, 4) is 0 Å². The lowest BCUT2D eigenvalue weighted by molar-refractivity contribution is 0.337. The van der Waals surface area contributed by atoms with Crippen LogP contribution in [0.15, 0.2) is 22.7 Å². The van der Waals surface area contributed by atoms with Gasteiger partial charge in [-0.25, -0.2) is 0 Å². The Hall–Kier alpha value is -0.580. The van der Waals surface area contributed by atoms with E-state index in [0.717, 1.165) is 24.0 Å². The third-order valence-electron chi connectivity index (χ3n) is 3.82. The van der Waals surface area contributed by atoms with Crippen LogP contribution in [0.5, 0.6) is 0 Å². The molecule has 1 unspecified atom stereocenters. The summed E-state index contributed by atoms with van der Waals surface area (Å²) in [6.07, 6.45) is 2.16. The highest BCUT2D eigenvalue weighted by Gasteiger charge is 2.21. The molecule has 1 saturated heterocycles. The van der Waals surface area contributed by atoms with Gasteiger partial charge in [0.15, 0.2) is 0 Å². The summed E-state index contributed by atoms with van der Waals surface area (Å²) in [6.45, 7) is 6.45. The van der Waals surface area contributed by atoms with E-state index in [0.29, 0.717) is 12.6 Å². The number of likely N-dealkylation sites (N-methyl/N-ethyl adjacent to an activating group) is 1. The summed E-state index contributed by atoms with van der Waals surface area (Å²) in [7, 11) is 2.21. The lowest BCUT2D eigenvalue weighted by atomic mass is 10.1. The minimum atomic E-state index is 0.540. The fraction of sp³-hybridized carbons (Fsp3) is 0.600. The maximum atomic E-state index is 5.75. The van der Waals surface area contributed by atoms with Crippen LogP contribution in [0.3, 0.4) is 0 Å². The van der Waals surface area contributed by atoms with Gasteiger partial charge in [-0.15, -0.1) is 0 Å². The van der Waals surface area contributed by atoms with Crippen LogP contribution in [0, 0.1) is 0 Å². The van der Waals surface area contributed by atoms with Crippen molar-refractivity contribution in [1.82, 2.24) is 4.90 Å². The Morgan fingerprint density at radius 1 is 1.37 bits per heavy atom. The molecule has 2 N–H and O–H groups in total. The van der Waals surface area contributed by atoms with E-state index in [1.54, 1.807) is 0 Å². The predicted octanol–water partition coefficient (Wildman–Crippen LogP) is 2.48. The molecule has 0 spiro atoms. The first-order valence-electron chi connectivity index (χ1n) is 7.05. The number of halogens is 1. The molecule has 0 aliphatic carbocycles. The van der Waals surface area contributed by atoms with Crippen molar-refractivity contribution in [2.24, 2.45) is 5.73 Å². The van der Waals surface area contributed by atoms with Crippen LogP contribution >= 0.6 is 15.9 Å². The van der Waals surface area contributed by atoms with Gasteiger partial charge in [0, 0.05) is 29.3 Å². The van der Waals surface area contributed by atoms with Crippen molar-refractivity contribution < 1.29 is 0 Å². The summed E-state index contributed by atoms with van der Waals surface area (Å²) in [6, 6.07) is 7.10. The fourth-order valence-corrected chi connectivity index (χ4v) is 3.25. The van der Waals surface area contributed by atoms with Crippen LogP contribution in [-0.4, -0.2) is 44.2 Å². The molecule has 4 heteroatoms. The van der Waals surface area contributed by atoms with E-state index in [9.17, 15) is 0 Å². The molecule has 1 heterocycles. The van der Waals surface area contributed by atoms with Gasteiger partial charge in [-0.1, -0.05) is 22.0 Å². The highest BCUT2D eigenvalue weighted by atomic mass is 79.9. The molecule has 0 amide bonds. The lowest BCUT2D eigenvalue weighted by Gasteiger charge is -2.32. The van der Waals surface area contributed by atoms with Crippen LogP contribution in [0.25, 0.3) is 0 Å². The van der Waals surface area contributed by atoms with Crippen LogP contribution in [0.1, 0.15) is 18.9 Å². The normalized spacial score (nSPS) is 21.5. The van der Waals surface area contributed by atoms with Crippen molar-refractivity contribution in [3.05, 3.63) is 28.2 Å². The topological polar surface area (TPSA) is 32.5 Å². The van der Waals surface area contributed by atoms with Crippen molar-refractivity contribution in [2.75, 3.05) is 38.1 Å². The van der Waals surface area contributed by atoms with Crippen molar-refractivity contribution in [3.63, 3.8) is 0 Å². The molecule has 3 nitrogen and oxygen atoms in total. The Bertz CT molecular complexity index is 422. The summed E-state index contributed by atoms with van der Waals surface area (Å²) in [5.74, 6) is 0. The number of rotatable bonds is 3. The number of nitrogens with two attached hydrogens (primary N) is 1. The average molecular weight is 326 g/mol. The monoisotopic (exact) mass is 325 g/mol. The van der Waals surface area contributed by atoms with Crippen molar-refractivity contribution in [2.45, 2.75) is 25.8 Å². The van der Waals surface area contributed by atoms with Crippen LogP contribution in [0.4, 0.5) is 5.69 Å². The number of nitrogens with zero attached hydrogens (tertiary/aromatic N) is 2. The summed E-state index contributed by atoms with van der Waals surface area (Å²) in [4.78, 5) is 4.96. The molecule has 1 fully saturated rings. The Kier molecular flexibility index (Phi) is 5.25. The number of anilines is 1. The molecule has 1 atom stereocenters. The summed E-state index contributed by atoms with van der Waals surface area (Å²) >= 11 is 3.60. The van der Waals surface area contributed by atoms with E-state index in [1.165, 1.54) is 24.2 Å². The lowest BCUT2D eigenvalue weighted by Crippen LogP contribution is -2.38. The van der Waals surface area contributed by atoms with E-state index in [2.05, 4.69) is 57.9 Å². The smallest absolute Gasteiger partial charge is 0.0413 e. The Labute approximate surface area is 124 Å². The van der Waals surface area contributed by atoms with Gasteiger partial charge < -0.3 is 15.5 Å². The van der Waals surface area contributed by atoms with Crippen molar-refractivity contribution in [1.29, 1.82) is 0 Å². The first-order valence-corrected chi connectivity index (χ1v) is 7.85. The first-order chi connectivity index (χ1) is 9.11. The molecule has 19 heavy (non-hydrogen) atoms. The second-order valence-corrected chi connectivity index (χ2v) is 6.39. The predicted molar refractivity (Wildman–Crippen MR) is 85.8 cm³/mol. The number of benzene rings is 1. The molecule has 1 aliphatic rings. The van der Waals surface area contributed by atoms with E-state index in [-0.39, 0.29) is 0 Å². The van der Waals surface area contributed by atoms with Gasteiger partial charge in [0.05, 0.1) is 0 Å². The molecule has 106 valence electrons. The van der Waals surface area contributed by atoms with Crippen molar-refractivity contribution >= 4 is 21.6 Å². The molecule has 0 bridgehead atoms. The van der Waals surface area contributed by atoms with Gasteiger partial charge in [0.25, 0.3) is 0 Å². The quantitative estimate of drug-likeness (QED) is 0.926. The second-order valence-electron chi connectivity index (χ2n) is 5.47. The fourth-order valence-electron chi connectivity index (χ4n) is 2.90. The highest BCUT2D eigenvalue weighted by molar-refractivity contribution is 9.10. The molecule has 0 radical (unpaired) electrons. The SMILES string of the molecule is CC1CN(C)CCCN1c1cc(Br)ccc1CCN. The van der Waals surface area contributed by atoms with E-state index >= 15 is 0 Å². The minimum Gasteiger partial charge on any atom is -0.367 e. The minimum absolute atomic E-state index is 0.540. The van der Waals surface area contributed by atoms with Crippen LogP contribution in [-0.2, 0) is 6.42 Å². The zero-order chi connectivity index (χ0) is 13.8. The van der Waals surface area contributed by atoms with E-state index < -0.39 is 0 Å². The maximum Gasteiger partial charge on any atom is 0.0413 e. The molecular weight excluding hydrogens is 302 g/mol. The molecule has 1 aromatic carbocycles. The van der Waals surface area contributed by atoms with Crippen LogP contribution in [0.2, 0.25) is 0 Å². The van der Waals surface area contributed by atoms with Gasteiger partial charge in [-0.05, 0) is 57.6 Å². The summed E-state index contributed by atoms with van der Waals surface area (Å²) in [5.41, 5.74) is 8.46. The molecule has 1 aromatic rings. The Balaban J connectivity index is 2.30. The van der Waals surface area contributed by atoms with Gasteiger partial charge >= 0.3 is 0 Å². The van der Waals surface area contributed by atoms with Gasteiger partial charge in [0.2, 0.25) is 0 Å². The van der Waals surface area contributed by atoms with Crippen LogP contribution < -0.4 is 10.6 Å². The third kappa shape index (κ3) is 3.71. The van der Waals surface area contributed by atoms with Gasteiger partial charge in [0.1, 0.15) is 0 Å². The Morgan fingerprint density at radius 3 is 2.89 bits per heavy atom. The molecule has 2 rings (SSSR count). The standard InChI is InChI=1S/C15H24BrN3/c1-12-11-18(2)8-3-9-19(12)15-10-14(16)5-4-13(15)6-7-17/h4-5,10,12H,3,6-9,11,17H2,1-2H3. The zero-order valence-electron chi connectivity index (χ0n) is 11.9. The zero-order valence-corrected chi connectivity index (χ0v) is 13.5. The molecular formula is C15H24BrN3. The van der Waals surface area contributed by atoms with Gasteiger partial charge in [-0.3, -0.25) is 0 Å². The third-order valence-corrected chi connectivity index (χ3v) is 4.31.